The van der Waals surface area contributed by atoms with Crippen LogP contribution in [-0.2, 0) is 4.79 Å². The summed E-state index contributed by atoms with van der Waals surface area (Å²) in [5, 5.41) is 12.0. The zero-order valence-corrected chi connectivity index (χ0v) is 8.35. The third-order valence-corrected chi connectivity index (χ3v) is 3.16. The van der Waals surface area contributed by atoms with E-state index in [1.54, 1.807) is 0 Å². The standard InChI is InChI=1S/C9H15NO2.ClH/c11-9(12)8-5-6-3-1-2-4-7(6)10-8;/h6-8,10H,1-5H2,(H,11,12);1H/t6-,7-,8-;/m0./s1. The Balaban J connectivity index is 0.000000845. The highest BCUT2D eigenvalue weighted by Crippen LogP contribution is 2.32. The lowest BCUT2D eigenvalue weighted by molar-refractivity contribution is -0.139. The van der Waals surface area contributed by atoms with Crippen molar-refractivity contribution in [1.29, 1.82) is 0 Å². The Morgan fingerprint density at radius 2 is 2.00 bits per heavy atom. The topological polar surface area (TPSA) is 49.3 Å². The molecule has 2 fully saturated rings. The largest absolute Gasteiger partial charge is 0.480 e. The van der Waals surface area contributed by atoms with Crippen LogP contribution in [0.5, 0.6) is 0 Å². The molecule has 1 aliphatic carbocycles. The maximum atomic E-state index is 10.7. The van der Waals surface area contributed by atoms with Crippen molar-refractivity contribution in [2.24, 2.45) is 5.92 Å². The Kier molecular flexibility index (Phi) is 3.56. The van der Waals surface area contributed by atoms with Gasteiger partial charge in [-0.2, -0.15) is 0 Å². The average Bonchev–Trinajstić information content (AvgIpc) is 2.46. The number of fused-ring (bicyclic) bond motifs is 1. The summed E-state index contributed by atoms with van der Waals surface area (Å²) in [6, 6.07) is 0.234. The van der Waals surface area contributed by atoms with Crippen molar-refractivity contribution in [1.82, 2.24) is 5.32 Å². The minimum absolute atomic E-state index is 0. The molecule has 3 nitrogen and oxygen atoms in total. The van der Waals surface area contributed by atoms with Gasteiger partial charge in [0, 0.05) is 6.04 Å². The van der Waals surface area contributed by atoms with Crippen LogP contribution < -0.4 is 5.32 Å². The van der Waals surface area contributed by atoms with Crippen LogP contribution in [0, 0.1) is 5.92 Å². The summed E-state index contributed by atoms with van der Waals surface area (Å²) >= 11 is 0. The summed E-state index contributed by atoms with van der Waals surface area (Å²) < 4.78 is 0. The molecule has 0 amide bonds. The van der Waals surface area contributed by atoms with Crippen LogP contribution in [-0.4, -0.2) is 23.2 Å². The number of nitrogens with one attached hydrogen (secondary N) is 1. The molecule has 0 spiro atoms. The molecule has 2 N–H and O–H groups in total. The van der Waals surface area contributed by atoms with E-state index in [-0.39, 0.29) is 18.4 Å². The zero-order valence-electron chi connectivity index (χ0n) is 7.53. The molecule has 0 aromatic heterocycles. The van der Waals surface area contributed by atoms with Crippen LogP contribution in [0.2, 0.25) is 0 Å². The second-order valence-corrected chi connectivity index (χ2v) is 3.94. The predicted molar refractivity (Wildman–Crippen MR) is 52.2 cm³/mol. The summed E-state index contributed by atoms with van der Waals surface area (Å²) in [6.45, 7) is 0. The highest BCUT2D eigenvalue weighted by Gasteiger charge is 2.37. The Morgan fingerprint density at radius 3 is 2.62 bits per heavy atom. The Hall–Kier alpha value is -0.280. The van der Waals surface area contributed by atoms with Gasteiger partial charge in [-0.1, -0.05) is 12.8 Å². The number of carboxylic acids is 1. The molecule has 1 aliphatic heterocycles. The number of hydrogen-bond acceptors (Lipinski definition) is 2. The maximum Gasteiger partial charge on any atom is 0.320 e. The molecule has 0 aromatic rings. The number of halogens is 1. The quantitative estimate of drug-likeness (QED) is 0.681. The van der Waals surface area contributed by atoms with E-state index in [1.165, 1.54) is 25.7 Å². The van der Waals surface area contributed by atoms with Crippen molar-refractivity contribution < 1.29 is 9.90 Å². The van der Waals surface area contributed by atoms with Crippen molar-refractivity contribution >= 4 is 18.4 Å². The summed E-state index contributed by atoms with van der Waals surface area (Å²) in [4.78, 5) is 10.7. The second kappa shape index (κ2) is 4.29. The lowest BCUT2D eigenvalue weighted by Gasteiger charge is -2.24. The van der Waals surface area contributed by atoms with Crippen molar-refractivity contribution in [3.63, 3.8) is 0 Å². The third kappa shape index (κ3) is 2.15. The fraction of sp³-hybridized carbons (Fsp3) is 0.889. The van der Waals surface area contributed by atoms with E-state index >= 15 is 0 Å². The minimum atomic E-state index is -0.676. The molecule has 2 rings (SSSR count). The summed E-state index contributed by atoms with van der Waals surface area (Å²) in [7, 11) is 0. The Labute approximate surface area is 84.3 Å². The monoisotopic (exact) mass is 205 g/mol. The van der Waals surface area contributed by atoms with Gasteiger partial charge >= 0.3 is 5.97 Å². The SMILES string of the molecule is Cl.O=C(O)[C@@H]1C[C@@H]2CCCC[C@@H]2N1. The highest BCUT2D eigenvalue weighted by molar-refractivity contribution is 5.85. The van der Waals surface area contributed by atoms with Gasteiger partial charge in [0.15, 0.2) is 0 Å². The van der Waals surface area contributed by atoms with Crippen LogP contribution in [0.4, 0.5) is 0 Å². The molecule has 3 atom stereocenters. The van der Waals surface area contributed by atoms with E-state index in [0.29, 0.717) is 12.0 Å². The molecule has 13 heavy (non-hydrogen) atoms. The zero-order chi connectivity index (χ0) is 8.55. The van der Waals surface area contributed by atoms with Gasteiger partial charge in [0.25, 0.3) is 0 Å². The first kappa shape index (κ1) is 10.8. The first-order valence-corrected chi connectivity index (χ1v) is 4.76. The molecule has 1 saturated carbocycles. The van der Waals surface area contributed by atoms with Crippen molar-refractivity contribution in [2.75, 3.05) is 0 Å². The number of aliphatic carboxylic acids is 1. The molecule has 1 heterocycles. The third-order valence-electron chi connectivity index (χ3n) is 3.16. The van der Waals surface area contributed by atoms with Crippen LogP contribution in [0.3, 0.4) is 0 Å². The molecule has 4 heteroatoms. The normalized spacial score (nSPS) is 37.7. The van der Waals surface area contributed by atoms with Gasteiger partial charge in [-0.3, -0.25) is 4.79 Å². The van der Waals surface area contributed by atoms with Crippen LogP contribution in [0.1, 0.15) is 32.1 Å². The van der Waals surface area contributed by atoms with Crippen LogP contribution in [0.15, 0.2) is 0 Å². The van der Waals surface area contributed by atoms with Gasteiger partial charge in [-0.25, -0.2) is 0 Å². The van der Waals surface area contributed by atoms with E-state index in [9.17, 15) is 4.79 Å². The lowest BCUT2D eigenvalue weighted by Crippen LogP contribution is -2.36. The van der Waals surface area contributed by atoms with Gasteiger partial charge < -0.3 is 10.4 Å². The molecule has 0 unspecified atom stereocenters. The van der Waals surface area contributed by atoms with E-state index in [0.717, 1.165) is 6.42 Å². The number of rotatable bonds is 1. The number of carboxylic acid groups (broad SMARTS) is 1. The average molecular weight is 206 g/mol. The van der Waals surface area contributed by atoms with E-state index in [2.05, 4.69) is 5.32 Å². The summed E-state index contributed by atoms with van der Waals surface area (Å²) in [5.74, 6) is -0.0377. The molecular formula is C9H16ClNO2. The second-order valence-electron chi connectivity index (χ2n) is 3.94. The van der Waals surface area contributed by atoms with Crippen molar-refractivity contribution in [3.05, 3.63) is 0 Å². The van der Waals surface area contributed by atoms with Crippen molar-refractivity contribution in [2.45, 2.75) is 44.2 Å². The molecule has 0 radical (unpaired) electrons. The fourth-order valence-electron chi connectivity index (χ4n) is 2.51. The highest BCUT2D eigenvalue weighted by atomic mass is 35.5. The number of carbonyl (C=O) groups is 1. The molecular weight excluding hydrogens is 190 g/mol. The predicted octanol–water partition coefficient (Wildman–Crippen LogP) is 1.41. The molecule has 2 aliphatic rings. The smallest absolute Gasteiger partial charge is 0.320 e. The van der Waals surface area contributed by atoms with Gasteiger partial charge in [0.2, 0.25) is 0 Å². The molecule has 1 saturated heterocycles. The number of hydrogen-bond donors (Lipinski definition) is 2. The minimum Gasteiger partial charge on any atom is -0.480 e. The maximum absolute atomic E-state index is 10.7. The van der Waals surface area contributed by atoms with E-state index in [4.69, 9.17) is 5.11 Å². The molecule has 76 valence electrons. The molecule has 0 aromatic carbocycles. The Morgan fingerprint density at radius 1 is 1.31 bits per heavy atom. The van der Waals surface area contributed by atoms with Gasteiger partial charge in [0.1, 0.15) is 6.04 Å². The summed E-state index contributed by atoms with van der Waals surface area (Å²) in [6.07, 6.45) is 5.80. The lowest BCUT2D eigenvalue weighted by atomic mass is 9.85. The van der Waals surface area contributed by atoms with E-state index in [1.807, 2.05) is 0 Å². The van der Waals surface area contributed by atoms with Crippen LogP contribution in [0.25, 0.3) is 0 Å². The van der Waals surface area contributed by atoms with E-state index < -0.39 is 5.97 Å². The molecule has 0 bridgehead atoms. The first-order valence-electron chi connectivity index (χ1n) is 4.76. The summed E-state index contributed by atoms with van der Waals surface area (Å²) in [5.41, 5.74) is 0. The Bertz CT molecular complexity index is 184. The van der Waals surface area contributed by atoms with Gasteiger partial charge in [0.05, 0.1) is 0 Å². The van der Waals surface area contributed by atoms with Gasteiger partial charge in [-0.15, -0.1) is 12.4 Å². The van der Waals surface area contributed by atoms with Crippen molar-refractivity contribution in [3.8, 4) is 0 Å². The van der Waals surface area contributed by atoms with Gasteiger partial charge in [-0.05, 0) is 25.2 Å². The fourth-order valence-corrected chi connectivity index (χ4v) is 2.51. The van der Waals surface area contributed by atoms with Crippen LogP contribution >= 0.6 is 12.4 Å². The first-order chi connectivity index (χ1) is 5.77.